The summed E-state index contributed by atoms with van der Waals surface area (Å²) in [5, 5.41) is 0.647. The third-order valence-corrected chi connectivity index (χ3v) is 6.25. The summed E-state index contributed by atoms with van der Waals surface area (Å²) < 4.78 is 0. The molecule has 0 unspecified atom stereocenters. The zero-order valence-corrected chi connectivity index (χ0v) is 15.1. The largest absolute Gasteiger partial charge is 0.342 e. The first-order valence-electron chi connectivity index (χ1n) is 9.15. The maximum absolute atomic E-state index is 13.1. The molecule has 130 valence electrons. The first-order chi connectivity index (χ1) is 11.6. The lowest BCUT2D eigenvalue weighted by atomic mass is 9.71. The minimum absolute atomic E-state index is 0.203. The first-order valence-corrected chi connectivity index (χ1v) is 9.53. The fraction of sp³-hybridized carbons (Fsp3) is 0.600. The molecule has 0 bridgehead atoms. The SMILES string of the molecule is CCC1(C(=O)c2ccc(Cl)cc2)CCN(C(=O)C2CCCC2)CC1. The average molecular weight is 348 g/mol. The van der Waals surface area contributed by atoms with Gasteiger partial charge in [0.25, 0.3) is 0 Å². The van der Waals surface area contributed by atoms with Crippen molar-refractivity contribution in [3.8, 4) is 0 Å². The summed E-state index contributed by atoms with van der Waals surface area (Å²) in [6.45, 7) is 3.51. The number of nitrogens with zero attached hydrogens (tertiary/aromatic N) is 1. The number of piperidine rings is 1. The molecule has 0 spiro atoms. The van der Waals surface area contributed by atoms with Gasteiger partial charge in [-0.15, -0.1) is 0 Å². The van der Waals surface area contributed by atoms with Crippen molar-refractivity contribution in [2.75, 3.05) is 13.1 Å². The van der Waals surface area contributed by atoms with E-state index in [1.165, 1.54) is 12.8 Å². The lowest BCUT2D eigenvalue weighted by molar-refractivity contribution is -0.137. The van der Waals surface area contributed by atoms with E-state index in [0.29, 0.717) is 24.0 Å². The van der Waals surface area contributed by atoms with E-state index in [0.717, 1.165) is 37.7 Å². The van der Waals surface area contributed by atoms with E-state index < -0.39 is 0 Å². The van der Waals surface area contributed by atoms with Crippen molar-refractivity contribution in [2.45, 2.75) is 51.9 Å². The third kappa shape index (κ3) is 3.37. The standard InChI is InChI=1S/C20H26ClNO2/c1-2-20(18(23)15-7-9-17(21)10-8-15)11-13-22(14-12-20)19(24)16-5-3-4-6-16/h7-10,16H,2-6,11-14H2,1H3. The Morgan fingerprint density at radius 2 is 1.71 bits per heavy atom. The number of hydrogen-bond donors (Lipinski definition) is 0. The predicted octanol–water partition coefficient (Wildman–Crippen LogP) is 4.73. The predicted molar refractivity (Wildman–Crippen MR) is 96.3 cm³/mol. The molecule has 0 aromatic heterocycles. The zero-order chi connectivity index (χ0) is 17.2. The van der Waals surface area contributed by atoms with Gasteiger partial charge in [0.1, 0.15) is 0 Å². The molecule has 1 aromatic carbocycles. The fourth-order valence-electron chi connectivity index (χ4n) is 4.23. The maximum atomic E-state index is 13.1. The Balaban J connectivity index is 1.68. The number of halogens is 1. The number of ketones is 1. The normalized spacial score (nSPS) is 21.0. The number of amides is 1. The number of benzene rings is 1. The van der Waals surface area contributed by atoms with Crippen LogP contribution in [-0.4, -0.2) is 29.7 Å². The highest BCUT2D eigenvalue weighted by Crippen LogP contribution is 2.39. The molecule has 2 fully saturated rings. The zero-order valence-electron chi connectivity index (χ0n) is 14.4. The molecule has 0 atom stereocenters. The molecule has 0 radical (unpaired) electrons. The Kier molecular flexibility index (Phi) is 5.29. The molecule has 1 aliphatic heterocycles. The van der Waals surface area contributed by atoms with E-state index in [2.05, 4.69) is 6.92 Å². The lowest BCUT2D eigenvalue weighted by Crippen LogP contribution is -2.47. The topological polar surface area (TPSA) is 37.4 Å². The van der Waals surface area contributed by atoms with Gasteiger partial charge in [-0.05, 0) is 56.4 Å². The molecule has 1 saturated heterocycles. The number of carbonyl (C=O) groups excluding carboxylic acids is 2. The highest BCUT2D eigenvalue weighted by Gasteiger charge is 2.41. The quantitative estimate of drug-likeness (QED) is 0.738. The highest BCUT2D eigenvalue weighted by atomic mass is 35.5. The first kappa shape index (κ1) is 17.5. The van der Waals surface area contributed by atoms with Crippen LogP contribution < -0.4 is 0 Å². The van der Waals surface area contributed by atoms with Crippen molar-refractivity contribution in [3.63, 3.8) is 0 Å². The fourth-order valence-corrected chi connectivity index (χ4v) is 4.36. The minimum atomic E-state index is -0.333. The second kappa shape index (κ2) is 7.26. The van der Waals surface area contributed by atoms with Gasteiger partial charge in [0, 0.05) is 35.0 Å². The van der Waals surface area contributed by atoms with Crippen LogP contribution in [0.4, 0.5) is 0 Å². The molecule has 1 amide bonds. The van der Waals surface area contributed by atoms with Crippen molar-refractivity contribution in [3.05, 3.63) is 34.9 Å². The average Bonchev–Trinajstić information content (AvgIpc) is 3.16. The number of rotatable bonds is 4. The summed E-state index contributed by atoms with van der Waals surface area (Å²) >= 11 is 5.93. The van der Waals surface area contributed by atoms with Crippen LogP contribution in [0.3, 0.4) is 0 Å². The van der Waals surface area contributed by atoms with Crippen LogP contribution in [0.25, 0.3) is 0 Å². The Morgan fingerprint density at radius 3 is 2.25 bits per heavy atom. The van der Waals surface area contributed by atoms with Crippen molar-refractivity contribution < 1.29 is 9.59 Å². The number of hydrogen-bond acceptors (Lipinski definition) is 2. The van der Waals surface area contributed by atoms with Crippen molar-refractivity contribution in [2.24, 2.45) is 11.3 Å². The van der Waals surface area contributed by atoms with Gasteiger partial charge >= 0.3 is 0 Å². The van der Waals surface area contributed by atoms with Gasteiger partial charge in [-0.25, -0.2) is 0 Å². The van der Waals surface area contributed by atoms with E-state index in [9.17, 15) is 9.59 Å². The van der Waals surface area contributed by atoms with Gasteiger partial charge in [0.05, 0.1) is 0 Å². The van der Waals surface area contributed by atoms with Crippen LogP contribution in [0.1, 0.15) is 62.2 Å². The Hall–Kier alpha value is -1.35. The van der Waals surface area contributed by atoms with Gasteiger partial charge < -0.3 is 4.90 Å². The van der Waals surface area contributed by atoms with Crippen molar-refractivity contribution >= 4 is 23.3 Å². The maximum Gasteiger partial charge on any atom is 0.225 e. The number of carbonyl (C=O) groups is 2. The number of Topliss-reactive ketones (excluding diaryl/α,β-unsaturated/α-hetero) is 1. The smallest absolute Gasteiger partial charge is 0.225 e. The Labute approximate surface area is 149 Å². The van der Waals surface area contributed by atoms with Gasteiger partial charge in [0.15, 0.2) is 5.78 Å². The molecule has 24 heavy (non-hydrogen) atoms. The third-order valence-electron chi connectivity index (χ3n) is 6.00. The van der Waals surface area contributed by atoms with Crippen LogP contribution in [0.5, 0.6) is 0 Å². The summed E-state index contributed by atoms with van der Waals surface area (Å²) in [6.07, 6.45) is 6.79. The molecule has 4 heteroatoms. The molecular formula is C20H26ClNO2. The van der Waals surface area contributed by atoms with Gasteiger partial charge in [-0.1, -0.05) is 31.4 Å². The van der Waals surface area contributed by atoms with Crippen LogP contribution >= 0.6 is 11.6 Å². The second-order valence-electron chi connectivity index (χ2n) is 7.28. The van der Waals surface area contributed by atoms with Gasteiger partial charge in [-0.3, -0.25) is 9.59 Å². The van der Waals surface area contributed by atoms with Gasteiger partial charge in [0.2, 0.25) is 5.91 Å². The molecule has 1 heterocycles. The summed E-state index contributed by atoms with van der Waals surface area (Å²) in [5.41, 5.74) is 0.400. The van der Waals surface area contributed by atoms with Crippen LogP contribution in [0.2, 0.25) is 5.02 Å². The monoisotopic (exact) mass is 347 g/mol. The molecule has 1 aromatic rings. The summed E-state index contributed by atoms with van der Waals surface area (Å²) in [5.74, 6) is 0.747. The molecule has 1 aliphatic carbocycles. The van der Waals surface area contributed by atoms with Crippen molar-refractivity contribution in [1.29, 1.82) is 0 Å². The molecule has 0 N–H and O–H groups in total. The summed E-state index contributed by atoms with van der Waals surface area (Å²) in [4.78, 5) is 27.7. The van der Waals surface area contributed by atoms with E-state index in [4.69, 9.17) is 11.6 Å². The van der Waals surface area contributed by atoms with E-state index in [-0.39, 0.29) is 17.1 Å². The molecule has 3 nitrogen and oxygen atoms in total. The van der Waals surface area contributed by atoms with E-state index in [1.54, 1.807) is 12.1 Å². The Morgan fingerprint density at radius 1 is 1.12 bits per heavy atom. The van der Waals surface area contributed by atoms with E-state index in [1.807, 2.05) is 17.0 Å². The van der Waals surface area contributed by atoms with E-state index >= 15 is 0 Å². The van der Waals surface area contributed by atoms with Crippen LogP contribution in [0.15, 0.2) is 24.3 Å². The van der Waals surface area contributed by atoms with Crippen LogP contribution in [0, 0.1) is 11.3 Å². The molecular weight excluding hydrogens is 322 g/mol. The molecule has 1 saturated carbocycles. The molecule has 2 aliphatic rings. The van der Waals surface area contributed by atoms with Crippen molar-refractivity contribution in [1.82, 2.24) is 4.90 Å². The lowest BCUT2D eigenvalue weighted by Gasteiger charge is -2.41. The second-order valence-corrected chi connectivity index (χ2v) is 7.71. The van der Waals surface area contributed by atoms with Crippen LogP contribution in [-0.2, 0) is 4.79 Å². The minimum Gasteiger partial charge on any atom is -0.342 e. The number of likely N-dealkylation sites (tertiary alicyclic amines) is 1. The summed E-state index contributed by atoms with van der Waals surface area (Å²) in [6, 6.07) is 7.18. The van der Waals surface area contributed by atoms with Gasteiger partial charge in [-0.2, -0.15) is 0 Å². The highest BCUT2D eigenvalue weighted by molar-refractivity contribution is 6.30. The summed E-state index contributed by atoms with van der Waals surface area (Å²) in [7, 11) is 0. The molecule has 3 rings (SSSR count). The Bertz CT molecular complexity index is 597.